The van der Waals surface area contributed by atoms with Gasteiger partial charge in [-0.15, -0.1) is 0 Å². The van der Waals surface area contributed by atoms with Crippen LogP contribution in [-0.2, 0) is 0 Å². The van der Waals surface area contributed by atoms with Crippen molar-refractivity contribution in [2.45, 2.75) is 40.7 Å². The van der Waals surface area contributed by atoms with Crippen molar-refractivity contribution < 1.29 is 9.90 Å². The molecule has 6 nitrogen and oxygen atoms in total. The lowest BCUT2D eigenvalue weighted by atomic mass is 9.81. The first-order valence-corrected chi connectivity index (χ1v) is 9.22. The molecule has 6 heteroatoms. The Morgan fingerprint density at radius 2 is 1.71 bits per heavy atom. The van der Waals surface area contributed by atoms with Gasteiger partial charge < -0.3 is 25.5 Å². The predicted molar refractivity (Wildman–Crippen MR) is 99.1 cm³/mol. The Bertz CT molecular complexity index is 379. The standard InChI is InChI=1S/C18H38N4O2/c1-14(2)16(23)18(4,5)13-20-17(24)19-11-15(3)12-22-9-7-21(6)8-10-22/h14-16,23H,7-13H2,1-6H3,(H2,19,20,24). The molecule has 0 radical (unpaired) electrons. The van der Waals surface area contributed by atoms with Crippen LogP contribution in [0, 0.1) is 17.3 Å². The van der Waals surface area contributed by atoms with Crippen LogP contribution in [0.25, 0.3) is 0 Å². The van der Waals surface area contributed by atoms with Crippen LogP contribution in [0.2, 0.25) is 0 Å². The smallest absolute Gasteiger partial charge is 0.314 e. The van der Waals surface area contributed by atoms with Crippen molar-refractivity contribution >= 4 is 6.03 Å². The largest absolute Gasteiger partial charge is 0.392 e. The van der Waals surface area contributed by atoms with E-state index in [4.69, 9.17) is 0 Å². The molecular formula is C18H38N4O2. The average molecular weight is 343 g/mol. The van der Waals surface area contributed by atoms with Crippen molar-refractivity contribution in [2.24, 2.45) is 17.3 Å². The molecule has 2 unspecified atom stereocenters. The number of carbonyl (C=O) groups excluding carboxylic acids is 1. The van der Waals surface area contributed by atoms with Crippen LogP contribution in [0.4, 0.5) is 4.79 Å². The molecule has 2 atom stereocenters. The maximum atomic E-state index is 12.0. The molecule has 0 aromatic heterocycles. The highest BCUT2D eigenvalue weighted by Gasteiger charge is 2.30. The van der Waals surface area contributed by atoms with Gasteiger partial charge in [-0.25, -0.2) is 4.79 Å². The summed E-state index contributed by atoms with van der Waals surface area (Å²) in [5.74, 6) is 0.599. The molecule has 1 aliphatic heterocycles. The lowest BCUT2D eigenvalue weighted by molar-refractivity contribution is 0.0151. The van der Waals surface area contributed by atoms with Crippen LogP contribution in [0.1, 0.15) is 34.6 Å². The minimum absolute atomic E-state index is 0.149. The van der Waals surface area contributed by atoms with E-state index in [0.717, 1.165) is 32.7 Å². The normalized spacial score (nSPS) is 20.0. The molecule has 1 saturated heterocycles. The van der Waals surface area contributed by atoms with Crippen LogP contribution in [0.3, 0.4) is 0 Å². The fourth-order valence-corrected chi connectivity index (χ4v) is 3.18. The first kappa shape index (κ1) is 21.2. The second-order valence-corrected chi connectivity index (χ2v) is 8.45. The van der Waals surface area contributed by atoms with Gasteiger partial charge in [-0.05, 0) is 18.9 Å². The fourth-order valence-electron chi connectivity index (χ4n) is 3.18. The van der Waals surface area contributed by atoms with Gasteiger partial charge in [-0.1, -0.05) is 34.6 Å². The molecule has 1 heterocycles. The van der Waals surface area contributed by atoms with Crippen LogP contribution in [-0.4, -0.2) is 79.9 Å². The Balaban J connectivity index is 2.23. The van der Waals surface area contributed by atoms with Crippen LogP contribution in [0.15, 0.2) is 0 Å². The number of aliphatic hydroxyl groups is 1. The van der Waals surface area contributed by atoms with Gasteiger partial charge in [0.25, 0.3) is 0 Å². The highest BCUT2D eigenvalue weighted by molar-refractivity contribution is 5.73. The van der Waals surface area contributed by atoms with Gasteiger partial charge in [0.2, 0.25) is 0 Å². The van der Waals surface area contributed by atoms with Crippen molar-refractivity contribution in [2.75, 3.05) is 52.9 Å². The molecule has 3 N–H and O–H groups in total. The number of likely N-dealkylation sites (N-methyl/N-ethyl adjacent to an activating group) is 1. The summed E-state index contributed by atoms with van der Waals surface area (Å²) in [6.07, 6.45) is -0.436. The molecule has 142 valence electrons. The Hall–Kier alpha value is -0.850. The van der Waals surface area contributed by atoms with Crippen molar-refractivity contribution in [3.63, 3.8) is 0 Å². The van der Waals surface area contributed by atoms with Crippen LogP contribution in [0.5, 0.6) is 0 Å². The number of piperazine rings is 1. The summed E-state index contributed by atoms with van der Waals surface area (Å²) in [4.78, 5) is 16.8. The van der Waals surface area contributed by atoms with E-state index in [0.29, 0.717) is 19.0 Å². The summed E-state index contributed by atoms with van der Waals surface area (Å²) in [6, 6.07) is -0.149. The highest BCUT2D eigenvalue weighted by Crippen LogP contribution is 2.24. The predicted octanol–water partition coefficient (Wildman–Crippen LogP) is 1.21. The number of carbonyl (C=O) groups is 1. The summed E-state index contributed by atoms with van der Waals surface area (Å²) in [6.45, 7) is 16.7. The Kier molecular flexibility index (Phi) is 8.46. The van der Waals surface area contributed by atoms with E-state index in [-0.39, 0.29) is 17.4 Å². The number of nitrogens with one attached hydrogen (secondary N) is 2. The zero-order valence-corrected chi connectivity index (χ0v) is 16.4. The van der Waals surface area contributed by atoms with E-state index in [1.165, 1.54) is 0 Å². The Morgan fingerprint density at radius 1 is 1.12 bits per heavy atom. The summed E-state index contributed by atoms with van der Waals surface area (Å²) < 4.78 is 0. The molecular weight excluding hydrogens is 304 g/mol. The maximum Gasteiger partial charge on any atom is 0.314 e. The van der Waals surface area contributed by atoms with Crippen molar-refractivity contribution in [3.8, 4) is 0 Å². The molecule has 1 fully saturated rings. The van der Waals surface area contributed by atoms with Crippen molar-refractivity contribution in [3.05, 3.63) is 0 Å². The zero-order valence-electron chi connectivity index (χ0n) is 16.4. The maximum absolute atomic E-state index is 12.0. The zero-order chi connectivity index (χ0) is 18.3. The molecule has 0 aliphatic carbocycles. The van der Waals surface area contributed by atoms with E-state index in [1.807, 2.05) is 27.7 Å². The second-order valence-electron chi connectivity index (χ2n) is 8.45. The van der Waals surface area contributed by atoms with E-state index in [1.54, 1.807) is 0 Å². The lowest BCUT2D eigenvalue weighted by Crippen LogP contribution is -2.49. The fraction of sp³-hybridized carbons (Fsp3) is 0.944. The average Bonchev–Trinajstić information content (AvgIpc) is 2.52. The highest BCUT2D eigenvalue weighted by atomic mass is 16.3. The van der Waals surface area contributed by atoms with Gasteiger partial charge in [-0.3, -0.25) is 0 Å². The number of urea groups is 1. The molecule has 1 aliphatic rings. The third kappa shape index (κ3) is 7.36. The molecule has 0 saturated carbocycles. The Morgan fingerprint density at radius 3 is 2.25 bits per heavy atom. The molecule has 0 aromatic rings. The van der Waals surface area contributed by atoms with E-state index in [2.05, 4.69) is 34.4 Å². The summed E-state index contributed by atoms with van der Waals surface area (Å²) in [5, 5.41) is 16.1. The van der Waals surface area contributed by atoms with Crippen molar-refractivity contribution in [1.29, 1.82) is 0 Å². The van der Waals surface area contributed by atoms with Gasteiger partial charge in [0, 0.05) is 51.2 Å². The number of aliphatic hydroxyl groups excluding tert-OH is 1. The van der Waals surface area contributed by atoms with Gasteiger partial charge in [0.05, 0.1) is 6.10 Å². The van der Waals surface area contributed by atoms with Gasteiger partial charge in [0.15, 0.2) is 0 Å². The molecule has 0 bridgehead atoms. The number of hydrogen-bond acceptors (Lipinski definition) is 4. The first-order chi connectivity index (χ1) is 11.1. The third-order valence-corrected chi connectivity index (χ3v) is 4.91. The minimum atomic E-state index is -0.436. The SMILES string of the molecule is CC(CNC(=O)NCC(C)(C)C(O)C(C)C)CN1CCN(C)CC1. The molecule has 24 heavy (non-hydrogen) atoms. The van der Waals surface area contributed by atoms with Gasteiger partial charge >= 0.3 is 6.03 Å². The third-order valence-electron chi connectivity index (χ3n) is 4.91. The monoisotopic (exact) mass is 342 g/mol. The van der Waals surface area contributed by atoms with E-state index in [9.17, 15) is 9.90 Å². The molecule has 2 amide bonds. The summed E-state index contributed by atoms with van der Waals surface area (Å²) >= 11 is 0. The topological polar surface area (TPSA) is 67.8 Å². The van der Waals surface area contributed by atoms with Crippen LogP contribution < -0.4 is 10.6 Å². The lowest BCUT2D eigenvalue weighted by Gasteiger charge is -2.34. The van der Waals surface area contributed by atoms with E-state index >= 15 is 0 Å². The number of rotatable bonds is 8. The number of hydrogen-bond donors (Lipinski definition) is 3. The quantitative estimate of drug-likeness (QED) is 0.620. The molecule has 1 rings (SSSR count). The molecule has 0 spiro atoms. The summed E-state index contributed by atoms with van der Waals surface area (Å²) in [7, 11) is 2.16. The minimum Gasteiger partial charge on any atom is -0.392 e. The number of amides is 2. The summed E-state index contributed by atoms with van der Waals surface area (Å²) in [5.41, 5.74) is -0.336. The Labute approximate surface area is 148 Å². The van der Waals surface area contributed by atoms with Gasteiger partial charge in [0.1, 0.15) is 0 Å². The molecule has 0 aromatic carbocycles. The van der Waals surface area contributed by atoms with Gasteiger partial charge in [-0.2, -0.15) is 0 Å². The second kappa shape index (κ2) is 9.59. The van der Waals surface area contributed by atoms with Crippen LogP contribution >= 0.6 is 0 Å². The number of nitrogens with zero attached hydrogens (tertiary/aromatic N) is 2. The van der Waals surface area contributed by atoms with Crippen molar-refractivity contribution in [1.82, 2.24) is 20.4 Å². The van der Waals surface area contributed by atoms with E-state index < -0.39 is 6.10 Å². The first-order valence-electron chi connectivity index (χ1n) is 9.22.